The molecule has 0 saturated carbocycles. The van der Waals surface area contributed by atoms with Gasteiger partial charge in [-0.15, -0.1) is 0 Å². The zero-order valence-corrected chi connectivity index (χ0v) is 11.4. The molecular formula is C14H18N4O. The molecule has 0 aliphatic carbocycles. The van der Waals surface area contributed by atoms with Crippen LogP contribution in [-0.4, -0.2) is 20.7 Å². The third-order valence-electron chi connectivity index (χ3n) is 2.96. The van der Waals surface area contributed by atoms with E-state index in [-0.39, 0.29) is 17.9 Å². The van der Waals surface area contributed by atoms with E-state index in [2.05, 4.69) is 15.4 Å². The molecule has 1 atom stereocenters. The highest BCUT2D eigenvalue weighted by atomic mass is 16.1. The number of carbonyl (C=O) groups excluding carboxylic acids is 1. The number of amides is 1. The van der Waals surface area contributed by atoms with Crippen molar-refractivity contribution in [2.24, 2.45) is 5.92 Å². The van der Waals surface area contributed by atoms with E-state index in [9.17, 15) is 4.79 Å². The molecule has 0 spiro atoms. The molecule has 0 fully saturated rings. The van der Waals surface area contributed by atoms with Crippen LogP contribution in [0, 0.1) is 5.92 Å². The number of benzene rings is 1. The van der Waals surface area contributed by atoms with Crippen molar-refractivity contribution in [1.82, 2.24) is 20.1 Å². The average Bonchev–Trinajstić information content (AvgIpc) is 2.92. The number of nitrogens with one attached hydrogen (secondary N) is 1. The number of nitrogens with zero attached hydrogens (tertiary/aromatic N) is 3. The van der Waals surface area contributed by atoms with Crippen molar-refractivity contribution in [1.29, 1.82) is 0 Å². The molecule has 2 rings (SSSR count). The molecular weight excluding hydrogens is 240 g/mol. The third-order valence-corrected chi connectivity index (χ3v) is 2.96. The minimum Gasteiger partial charge on any atom is -0.349 e. The Morgan fingerprint density at radius 1 is 1.21 bits per heavy atom. The summed E-state index contributed by atoms with van der Waals surface area (Å²) in [6, 6.07) is 7.90. The summed E-state index contributed by atoms with van der Waals surface area (Å²) in [6.45, 7) is 5.75. The number of aromatic nitrogens is 3. The van der Waals surface area contributed by atoms with Crippen molar-refractivity contribution < 1.29 is 4.79 Å². The summed E-state index contributed by atoms with van der Waals surface area (Å²) in [7, 11) is 0. The Morgan fingerprint density at radius 2 is 1.89 bits per heavy atom. The molecule has 5 heteroatoms. The fourth-order valence-electron chi connectivity index (χ4n) is 1.72. The van der Waals surface area contributed by atoms with Gasteiger partial charge in [0, 0.05) is 5.92 Å². The van der Waals surface area contributed by atoms with E-state index in [4.69, 9.17) is 0 Å². The lowest BCUT2D eigenvalue weighted by Gasteiger charge is -2.16. The molecule has 100 valence electrons. The predicted molar refractivity (Wildman–Crippen MR) is 72.8 cm³/mol. The topological polar surface area (TPSA) is 59.8 Å². The summed E-state index contributed by atoms with van der Waals surface area (Å²) in [4.78, 5) is 15.6. The maximum atomic E-state index is 11.6. The molecule has 1 heterocycles. The summed E-state index contributed by atoms with van der Waals surface area (Å²) in [5.74, 6) is 0.0599. The van der Waals surface area contributed by atoms with E-state index in [0.29, 0.717) is 0 Å². The lowest BCUT2D eigenvalue weighted by molar-refractivity contribution is -0.124. The monoisotopic (exact) mass is 258 g/mol. The molecule has 1 aromatic heterocycles. The van der Waals surface area contributed by atoms with Crippen LogP contribution < -0.4 is 5.32 Å². The van der Waals surface area contributed by atoms with Gasteiger partial charge < -0.3 is 5.32 Å². The van der Waals surface area contributed by atoms with E-state index in [1.807, 2.05) is 45.0 Å². The molecule has 0 aliphatic rings. The van der Waals surface area contributed by atoms with Gasteiger partial charge in [-0.25, -0.2) is 9.67 Å². The van der Waals surface area contributed by atoms with E-state index >= 15 is 0 Å². The minimum absolute atomic E-state index is 0.000281. The van der Waals surface area contributed by atoms with Crippen molar-refractivity contribution in [3.8, 4) is 5.69 Å². The molecule has 1 aromatic carbocycles. The molecule has 0 radical (unpaired) electrons. The highest BCUT2D eigenvalue weighted by Crippen LogP contribution is 2.15. The maximum Gasteiger partial charge on any atom is 0.223 e. The predicted octanol–water partition coefficient (Wildman–Crippen LogP) is 2.10. The zero-order valence-electron chi connectivity index (χ0n) is 11.4. The summed E-state index contributed by atoms with van der Waals surface area (Å²) < 4.78 is 1.70. The van der Waals surface area contributed by atoms with Crippen molar-refractivity contribution in [2.75, 3.05) is 0 Å². The van der Waals surface area contributed by atoms with Crippen LogP contribution >= 0.6 is 0 Å². The lowest BCUT2D eigenvalue weighted by Crippen LogP contribution is -2.30. The van der Waals surface area contributed by atoms with Crippen LogP contribution in [0.2, 0.25) is 0 Å². The SMILES string of the molecule is CC(C)C(=O)NC(C)c1ccc(-n2cncn2)cc1. The van der Waals surface area contributed by atoms with Gasteiger partial charge in [0.15, 0.2) is 0 Å². The molecule has 19 heavy (non-hydrogen) atoms. The quantitative estimate of drug-likeness (QED) is 0.913. The Hall–Kier alpha value is -2.17. The van der Waals surface area contributed by atoms with Crippen LogP contribution in [0.15, 0.2) is 36.9 Å². The largest absolute Gasteiger partial charge is 0.349 e. The van der Waals surface area contributed by atoms with Crippen LogP contribution in [0.3, 0.4) is 0 Å². The van der Waals surface area contributed by atoms with Crippen LogP contribution in [0.4, 0.5) is 0 Å². The van der Waals surface area contributed by atoms with E-state index < -0.39 is 0 Å². The van der Waals surface area contributed by atoms with Gasteiger partial charge in [-0.3, -0.25) is 4.79 Å². The summed E-state index contributed by atoms with van der Waals surface area (Å²) >= 11 is 0. The molecule has 0 saturated heterocycles. The molecule has 2 aromatic rings. The minimum atomic E-state index is -0.00290. The first-order chi connectivity index (χ1) is 9.08. The van der Waals surface area contributed by atoms with Crippen LogP contribution in [-0.2, 0) is 4.79 Å². The van der Waals surface area contributed by atoms with Gasteiger partial charge in [0.2, 0.25) is 5.91 Å². The molecule has 5 nitrogen and oxygen atoms in total. The maximum absolute atomic E-state index is 11.6. The van der Waals surface area contributed by atoms with Gasteiger partial charge in [0.25, 0.3) is 0 Å². The third kappa shape index (κ3) is 3.19. The molecule has 1 amide bonds. The fraction of sp³-hybridized carbons (Fsp3) is 0.357. The number of hydrogen-bond donors (Lipinski definition) is 1. The summed E-state index contributed by atoms with van der Waals surface area (Å²) in [6.07, 6.45) is 3.15. The van der Waals surface area contributed by atoms with Crippen molar-refractivity contribution in [3.05, 3.63) is 42.5 Å². The summed E-state index contributed by atoms with van der Waals surface area (Å²) in [5.41, 5.74) is 2.02. The number of rotatable bonds is 4. The smallest absolute Gasteiger partial charge is 0.223 e. The Balaban J connectivity index is 2.08. The van der Waals surface area contributed by atoms with Gasteiger partial charge in [-0.05, 0) is 24.6 Å². The fourth-order valence-corrected chi connectivity index (χ4v) is 1.72. The second-order valence-corrected chi connectivity index (χ2v) is 4.82. The Morgan fingerprint density at radius 3 is 2.42 bits per heavy atom. The van der Waals surface area contributed by atoms with Crippen LogP contribution in [0.1, 0.15) is 32.4 Å². The van der Waals surface area contributed by atoms with E-state index in [1.54, 1.807) is 11.0 Å². The number of carbonyl (C=O) groups is 1. The van der Waals surface area contributed by atoms with E-state index in [0.717, 1.165) is 11.3 Å². The first kappa shape index (κ1) is 13.3. The second kappa shape index (κ2) is 5.65. The molecule has 0 aliphatic heterocycles. The first-order valence-corrected chi connectivity index (χ1v) is 6.33. The van der Waals surface area contributed by atoms with Crippen LogP contribution in [0.25, 0.3) is 5.69 Å². The highest BCUT2D eigenvalue weighted by molar-refractivity contribution is 5.78. The molecule has 1 unspecified atom stereocenters. The summed E-state index contributed by atoms with van der Waals surface area (Å²) in [5, 5.41) is 7.04. The normalized spacial score (nSPS) is 12.4. The van der Waals surface area contributed by atoms with Gasteiger partial charge >= 0.3 is 0 Å². The Bertz CT molecular complexity index is 531. The average molecular weight is 258 g/mol. The second-order valence-electron chi connectivity index (χ2n) is 4.82. The van der Waals surface area contributed by atoms with Gasteiger partial charge in [0.1, 0.15) is 12.7 Å². The van der Waals surface area contributed by atoms with Gasteiger partial charge in [-0.1, -0.05) is 26.0 Å². The standard InChI is InChI=1S/C14H18N4O/c1-10(2)14(19)17-11(3)12-4-6-13(7-5-12)18-9-15-8-16-18/h4-11H,1-3H3,(H,17,19). The highest BCUT2D eigenvalue weighted by Gasteiger charge is 2.12. The zero-order chi connectivity index (χ0) is 13.8. The lowest BCUT2D eigenvalue weighted by atomic mass is 10.1. The molecule has 0 bridgehead atoms. The number of hydrogen-bond acceptors (Lipinski definition) is 3. The first-order valence-electron chi connectivity index (χ1n) is 6.33. The van der Waals surface area contributed by atoms with Crippen molar-refractivity contribution >= 4 is 5.91 Å². The van der Waals surface area contributed by atoms with Crippen LogP contribution in [0.5, 0.6) is 0 Å². The van der Waals surface area contributed by atoms with Gasteiger partial charge in [-0.2, -0.15) is 5.10 Å². The Kier molecular flexibility index (Phi) is 3.94. The van der Waals surface area contributed by atoms with E-state index in [1.165, 1.54) is 6.33 Å². The van der Waals surface area contributed by atoms with Crippen molar-refractivity contribution in [3.63, 3.8) is 0 Å². The molecule has 1 N–H and O–H groups in total. The Labute approximate surface area is 112 Å². The van der Waals surface area contributed by atoms with Gasteiger partial charge in [0.05, 0.1) is 11.7 Å². The van der Waals surface area contributed by atoms with Crippen molar-refractivity contribution in [2.45, 2.75) is 26.8 Å².